The molecule has 1 aliphatic rings. The first-order valence-corrected chi connectivity index (χ1v) is 7.19. The Morgan fingerprint density at radius 2 is 2.00 bits per heavy atom. The smallest absolute Gasteiger partial charge is 0.233 e. The van der Waals surface area contributed by atoms with E-state index in [2.05, 4.69) is 12.2 Å². The molecule has 4 nitrogen and oxygen atoms in total. The fourth-order valence-corrected chi connectivity index (χ4v) is 2.51. The van der Waals surface area contributed by atoms with E-state index in [0.717, 1.165) is 30.8 Å². The van der Waals surface area contributed by atoms with Crippen molar-refractivity contribution in [1.29, 1.82) is 0 Å². The number of aryl methyl sites for hydroxylation is 1. The molecule has 1 N–H and O–H groups in total. The minimum absolute atomic E-state index is 0.0684. The van der Waals surface area contributed by atoms with Gasteiger partial charge in [-0.2, -0.15) is 0 Å². The molecule has 1 aliphatic heterocycles. The predicted octanol–water partition coefficient (Wildman–Crippen LogP) is 2.58. The van der Waals surface area contributed by atoms with Crippen LogP contribution < -0.4 is 5.32 Å². The van der Waals surface area contributed by atoms with E-state index in [1.807, 2.05) is 36.1 Å². The maximum absolute atomic E-state index is 12.1. The topological polar surface area (TPSA) is 49.4 Å². The van der Waals surface area contributed by atoms with Crippen LogP contribution in [0.4, 0.5) is 5.69 Å². The van der Waals surface area contributed by atoms with Crippen molar-refractivity contribution in [3.05, 3.63) is 29.8 Å². The second-order valence-electron chi connectivity index (χ2n) is 5.68. The summed E-state index contributed by atoms with van der Waals surface area (Å²) in [4.78, 5) is 25.7. The van der Waals surface area contributed by atoms with Gasteiger partial charge in [0.2, 0.25) is 11.8 Å². The van der Waals surface area contributed by atoms with Crippen molar-refractivity contribution in [2.75, 3.05) is 18.4 Å². The SMILES string of the molecule is Cc1ccc(NC(=O)CC(=O)N2CCCC(C)C2)cc1. The Labute approximate surface area is 120 Å². The van der Waals surface area contributed by atoms with Crippen LogP contribution in [-0.4, -0.2) is 29.8 Å². The van der Waals surface area contributed by atoms with Gasteiger partial charge in [-0.25, -0.2) is 0 Å². The van der Waals surface area contributed by atoms with Crippen molar-refractivity contribution in [2.45, 2.75) is 33.1 Å². The molecule has 2 amide bonds. The Balaban J connectivity index is 1.84. The van der Waals surface area contributed by atoms with Crippen molar-refractivity contribution >= 4 is 17.5 Å². The van der Waals surface area contributed by atoms with Crippen LogP contribution in [0.2, 0.25) is 0 Å². The minimum atomic E-state index is -0.239. The van der Waals surface area contributed by atoms with Crippen LogP contribution in [0.25, 0.3) is 0 Å². The van der Waals surface area contributed by atoms with Crippen LogP contribution in [0, 0.1) is 12.8 Å². The lowest BCUT2D eigenvalue weighted by atomic mass is 10.00. The monoisotopic (exact) mass is 274 g/mol. The quantitative estimate of drug-likeness (QED) is 0.861. The van der Waals surface area contributed by atoms with Crippen molar-refractivity contribution in [3.8, 4) is 0 Å². The largest absolute Gasteiger partial charge is 0.342 e. The van der Waals surface area contributed by atoms with Gasteiger partial charge in [0.25, 0.3) is 0 Å². The minimum Gasteiger partial charge on any atom is -0.342 e. The molecule has 0 bridgehead atoms. The second kappa shape index (κ2) is 6.55. The molecule has 2 rings (SSSR count). The molecular weight excluding hydrogens is 252 g/mol. The van der Waals surface area contributed by atoms with Gasteiger partial charge in [0.15, 0.2) is 0 Å². The average molecular weight is 274 g/mol. The highest BCUT2D eigenvalue weighted by atomic mass is 16.2. The summed E-state index contributed by atoms with van der Waals surface area (Å²) in [6.45, 7) is 5.69. The van der Waals surface area contributed by atoms with E-state index >= 15 is 0 Å². The van der Waals surface area contributed by atoms with Crippen molar-refractivity contribution in [3.63, 3.8) is 0 Å². The fraction of sp³-hybridized carbons (Fsp3) is 0.500. The van der Waals surface area contributed by atoms with Gasteiger partial charge in [0.05, 0.1) is 0 Å². The number of anilines is 1. The summed E-state index contributed by atoms with van der Waals surface area (Å²) < 4.78 is 0. The van der Waals surface area contributed by atoms with E-state index in [0.29, 0.717) is 5.92 Å². The van der Waals surface area contributed by atoms with Gasteiger partial charge < -0.3 is 10.2 Å². The number of hydrogen-bond donors (Lipinski definition) is 1. The van der Waals surface area contributed by atoms with E-state index in [1.165, 1.54) is 6.42 Å². The van der Waals surface area contributed by atoms with Gasteiger partial charge in [-0.05, 0) is 37.8 Å². The third-order valence-corrected chi connectivity index (χ3v) is 3.66. The van der Waals surface area contributed by atoms with E-state index in [-0.39, 0.29) is 18.2 Å². The first-order valence-electron chi connectivity index (χ1n) is 7.19. The molecular formula is C16H22N2O2. The molecule has 4 heteroatoms. The third kappa shape index (κ3) is 4.08. The summed E-state index contributed by atoms with van der Waals surface area (Å²) in [6.07, 6.45) is 2.13. The zero-order chi connectivity index (χ0) is 14.5. The summed E-state index contributed by atoms with van der Waals surface area (Å²) >= 11 is 0. The lowest BCUT2D eigenvalue weighted by molar-refractivity contribution is -0.136. The molecule has 1 unspecified atom stereocenters. The van der Waals surface area contributed by atoms with Crippen LogP contribution >= 0.6 is 0 Å². The summed E-state index contributed by atoms with van der Waals surface area (Å²) in [6, 6.07) is 7.56. The molecule has 0 radical (unpaired) electrons. The molecule has 1 aromatic rings. The number of likely N-dealkylation sites (tertiary alicyclic amines) is 1. The summed E-state index contributed by atoms with van der Waals surface area (Å²) in [5.41, 5.74) is 1.88. The normalized spacial score (nSPS) is 18.7. The van der Waals surface area contributed by atoms with Crippen LogP contribution in [0.15, 0.2) is 24.3 Å². The van der Waals surface area contributed by atoms with Gasteiger partial charge in [-0.15, -0.1) is 0 Å². The molecule has 0 aliphatic carbocycles. The van der Waals surface area contributed by atoms with Crippen molar-refractivity contribution in [2.24, 2.45) is 5.92 Å². The molecule has 1 aromatic carbocycles. The number of carbonyl (C=O) groups is 2. The molecule has 1 saturated heterocycles. The zero-order valence-corrected chi connectivity index (χ0v) is 12.2. The lowest BCUT2D eigenvalue weighted by Crippen LogP contribution is -2.40. The number of nitrogens with one attached hydrogen (secondary N) is 1. The van der Waals surface area contributed by atoms with Crippen molar-refractivity contribution in [1.82, 2.24) is 4.90 Å². The number of amides is 2. The Bertz CT molecular complexity index is 482. The van der Waals surface area contributed by atoms with Gasteiger partial charge in [0.1, 0.15) is 6.42 Å². The Morgan fingerprint density at radius 3 is 2.65 bits per heavy atom. The number of rotatable bonds is 3. The van der Waals surface area contributed by atoms with E-state index in [1.54, 1.807) is 0 Å². The Morgan fingerprint density at radius 1 is 1.30 bits per heavy atom. The summed E-state index contributed by atoms with van der Waals surface area (Å²) in [7, 11) is 0. The molecule has 0 aromatic heterocycles. The number of benzene rings is 1. The standard InChI is InChI=1S/C16H22N2O2/c1-12-5-7-14(8-6-12)17-15(19)10-16(20)18-9-3-4-13(2)11-18/h5-8,13H,3-4,9-11H2,1-2H3,(H,17,19). The number of nitrogens with zero attached hydrogens (tertiary/aromatic N) is 1. The Kier molecular flexibility index (Phi) is 4.77. The predicted molar refractivity (Wildman–Crippen MR) is 79.4 cm³/mol. The van der Waals surface area contributed by atoms with Crippen LogP contribution in [0.1, 0.15) is 31.7 Å². The second-order valence-corrected chi connectivity index (χ2v) is 5.68. The van der Waals surface area contributed by atoms with Crippen LogP contribution in [0.3, 0.4) is 0 Å². The maximum Gasteiger partial charge on any atom is 0.233 e. The van der Waals surface area contributed by atoms with Gasteiger partial charge >= 0.3 is 0 Å². The molecule has 0 spiro atoms. The van der Waals surface area contributed by atoms with E-state index < -0.39 is 0 Å². The molecule has 1 atom stereocenters. The molecule has 20 heavy (non-hydrogen) atoms. The fourth-order valence-electron chi connectivity index (χ4n) is 2.51. The van der Waals surface area contributed by atoms with Crippen LogP contribution in [-0.2, 0) is 9.59 Å². The number of piperidine rings is 1. The first kappa shape index (κ1) is 14.6. The highest BCUT2D eigenvalue weighted by molar-refractivity contribution is 6.03. The maximum atomic E-state index is 12.1. The molecule has 108 valence electrons. The van der Waals surface area contributed by atoms with E-state index in [9.17, 15) is 9.59 Å². The summed E-state index contributed by atoms with van der Waals surface area (Å²) in [5, 5.41) is 2.76. The summed E-state index contributed by atoms with van der Waals surface area (Å²) in [5.74, 6) is 0.228. The molecule has 1 heterocycles. The van der Waals surface area contributed by atoms with Gasteiger partial charge in [0, 0.05) is 18.8 Å². The Hall–Kier alpha value is -1.84. The van der Waals surface area contributed by atoms with E-state index in [4.69, 9.17) is 0 Å². The van der Waals surface area contributed by atoms with Gasteiger partial charge in [-0.1, -0.05) is 24.6 Å². The number of carbonyl (C=O) groups excluding carboxylic acids is 2. The highest BCUT2D eigenvalue weighted by Crippen LogP contribution is 2.16. The third-order valence-electron chi connectivity index (χ3n) is 3.66. The van der Waals surface area contributed by atoms with Crippen molar-refractivity contribution < 1.29 is 9.59 Å². The van der Waals surface area contributed by atoms with Crippen LogP contribution in [0.5, 0.6) is 0 Å². The zero-order valence-electron chi connectivity index (χ0n) is 12.2. The number of hydrogen-bond acceptors (Lipinski definition) is 2. The molecule has 0 saturated carbocycles. The molecule has 1 fully saturated rings. The first-order chi connectivity index (χ1) is 9.54. The van der Waals surface area contributed by atoms with Gasteiger partial charge in [-0.3, -0.25) is 9.59 Å². The highest BCUT2D eigenvalue weighted by Gasteiger charge is 2.22. The average Bonchev–Trinajstić information content (AvgIpc) is 2.41. The lowest BCUT2D eigenvalue weighted by Gasteiger charge is -2.30.